The average molecular weight is 242 g/mol. The van der Waals surface area contributed by atoms with Crippen LogP contribution < -0.4 is 0 Å². The van der Waals surface area contributed by atoms with Crippen molar-refractivity contribution in [2.24, 2.45) is 0 Å². The molecule has 0 aromatic carbocycles. The van der Waals surface area contributed by atoms with E-state index in [2.05, 4.69) is 9.97 Å². The lowest BCUT2D eigenvalue weighted by atomic mass is 10.1. The highest BCUT2D eigenvalue weighted by Gasteiger charge is 2.28. The first-order valence-corrected chi connectivity index (χ1v) is 6.37. The molecule has 0 bridgehead atoms. The molecule has 1 aromatic heterocycles. The lowest BCUT2D eigenvalue weighted by Crippen LogP contribution is -2.43. The zero-order chi connectivity index (χ0) is 11.8. The van der Waals surface area contributed by atoms with E-state index in [0.717, 1.165) is 11.3 Å². The van der Waals surface area contributed by atoms with Crippen LogP contribution in [0.5, 0.6) is 0 Å². The van der Waals surface area contributed by atoms with Crippen LogP contribution in [0.3, 0.4) is 0 Å². The number of rotatable bonds is 2. The van der Waals surface area contributed by atoms with Crippen molar-refractivity contribution >= 4 is 10.2 Å². The molecule has 2 heterocycles. The van der Waals surface area contributed by atoms with E-state index < -0.39 is 10.2 Å². The van der Waals surface area contributed by atoms with Gasteiger partial charge in [0.1, 0.15) is 6.33 Å². The molecule has 0 N–H and O–H groups in total. The molecular weight excluding hydrogens is 228 g/mol. The van der Waals surface area contributed by atoms with Gasteiger partial charge in [-0.3, -0.25) is 0 Å². The Labute approximate surface area is 95.1 Å². The van der Waals surface area contributed by atoms with Crippen LogP contribution in [-0.2, 0) is 23.2 Å². The summed E-state index contributed by atoms with van der Waals surface area (Å²) in [6, 6.07) is 0. The van der Waals surface area contributed by atoms with Crippen molar-refractivity contribution in [3.05, 3.63) is 23.8 Å². The van der Waals surface area contributed by atoms with Gasteiger partial charge < -0.3 is 0 Å². The van der Waals surface area contributed by atoms with Crippen LogP contribution >= 0.6 is 0 Å². The van der Waals surface area contributed by atoms with E-state index in [4.69, 9.17) is 0 Å². The molecule has 0 fully saturated rings. The van der Waals surface area contributed by atoms with Gasteiger partial charge >= 0.3 is 0 Å². The fourth-order valence-electron chi connectivity index (χ4n) is 1.65. The Bertz CT molecular complexity index is 486. The molecule has 6 nitrogen and oxygen atoms in total. The van der Waals surface area contributed by atoms with Crippen LogP contribution in [-0.4, -0.2) is 47.6 Å². The zero-order valence-corrected chi connectivity index (χ0v) is 10.1. The first kappa shape index (κ1) is 11.4. The Morgan fingerprint density at radius 2 is 2.19 bits per heavy atom. The summed E-state index contributed by atoms with van der Waals surface area (Å²) in [7, 11) is -0.271. The van der Waals surface area contributed by atoms with Gasteiger partial charge in [-0.15, -0.1) is 0 Å². The number of aromatic nitrogens is 2. The van der Waals surface area contributed by atoms with Gasteiger partial charge in [-0.2, -0.15) is 17.0 Å². The van der Waals surface area contributed by atoms with Crippen LogP contribution in [0.1, 0.15) is 11.3 Å². The Kier molecular flexibility index (Phi) is 2.92. The minimum Gasteiger partial charge on any atom is -0.245 e. The standard InChI is InChI=1S/C9H14N4O2S/c1-12(2)16(14,15)13-4-3-8-5-10-7-11-9(8)6-13/h5,7H,3-4,6H2,1-2H3. The normalized spacial score (nSPS) is 17.4. The molecule has 0 unspecified atom stereocenters. The second kappa shape index (κ2) is 4.08. The van der Waals surface area contributed by atoms with E-state index in [1.165, 1.54) is 29.0 Å². The molecule has 0 amide bonds. The van der Waals surface area contributed by atoms with E-state index in [0.29, 0.717) is 19.5 Å². The van der Waals surface area contributed by atoms with E-state index in [9.17, 15) is 8.42 Å². The minimum absolute atomic E-state index is 0.332. The molecule has 0 saturated heterocycles. The lowest BCUT2D eigenvalue weighted by Gasteiger charge is -2.29. The highest BCUT2D eigenvalue weighted by atomic mass is 32.2. The van der Waals surface area contributed by atoms with Crippen LogP contribution in [0.25, 0.3) is 0 Å². The summed E-state index contributed by atoms with van der Waals surface area (Å²) in [4.78, 5) is 8.04. The number of nitrogens with zero attached hydrogens (tertiary/aromatic N) is 4. The third-order valence-electron chi connectivity index (χ3n) is 2.63. The fourth-order valence-corrected chi connectivity index (χ4v) is 2.72. The summed E-state index contributed by atoms with van der Waals surface area (Å²) >= 11 is 0. The van der Waals surface area contributed by atoms with Crippen molar-refractivity contribution in [2.45, 2.75) is 13.0 Å². The molecule has 7 heteroatoms. The van der Waals surface area contributed by atoms with Crippen molar-refractivity contribution in [2.75, 3.05) is 20.6 Å². The number of fused-ring (bicyclic) bond motifs is 1. The predicted molar refractivity (Wildman–Crippen MR) is 58.8 cm³/mol. The van der Waals surface area contributed by atoms with Gasteiger partial charge in [0, 0.05) is 26.8 Å². The van der Waals surface area contributed by atoms with Crippen molar-refractivity contribution in [1.29, 1.82) is 0 Å². The van der Waals surface area contributed by atoms with Crippen LogP contribution in [0.2, 0.25) is 0 Å². The largest absolute Gasteiger partial charge is 0.281 e. The first-order valence-electron chi connectivity index (χ1n) is 4.97. The lowest BCUT2D eigenvalue weighted by molar-refractivity contribution is 0.353. The van der Waals surface area contributed by atoms with Crippen molar-refractivity contribution in [3.63, 3.8) is 0 Å². The first-order chi connectivity index (χ1) is 7.51. The maximum absolute atomic E-state index is 11.9. The van der Waals surface area contributed by atoms with Crippen LogP contribution in [0, 0.1) is 0 Å². The molecule has 1 aliphatic heterocycles. The molecule has 0 spiro atoms. The maximum Gasteiger partial charge on any atom is 0.281 e. The van der Waals surface area contributed by atoms with Gasteiger partial charge in [0.15, 0.2) is 0 Å². The predicted octanol–water partition coefficient (Wildman–Crippen LogP) is -0.359. The van der Waals surface area contributed by atoms with Crippen molar-refractivity contribution < 1.29 is 8.42 Å². The van der Waals surface area contributed by atoms with Gasteiger partial charge in [0.2, 0.25) is 0 Å². The smallest absolute Gasteiger partial charge is 0.245 e. The van der Waals surface area contributed by atoms with E-state index in [1.54, 1.807) is 6.20 Å². The Balaban J connectivity index is 2.27. The van der Waals surface area contributed by atoms with Gasteiger partial charge in [-0.25, -0.2) is 9.97 Å². The summed E-state index contributed by atoms with van der Waals surface area (Å²) in [5.74, 6) is 0. The van der Waals surface area contributed by atoms with Gasteiger partial charge in [-0.1, -0.05) is 0 Å². The fraction of sp³-hybridized carbons (Fsp3) is 0.556. The van der Waals surface area contributed by atoms with Gasteiger partial charge in [0.05, 0.1) is 12.2 Å². The third-order valence-corrected chi connectivity index (χ3v) is 4.51. The maximum atomic E-state index is 11.9. The van der Waals surface area contributed by atoms with Gasteiger partial charge in [0.25, 0.3) is 10.2 Å². The molecule has 0 atom stereocenters. The summed E-state index contributed by atoms with van der Waals surface area (Å²) in [6.45, 7) is 0.819. The Morgan fingerprint density at radius 1 is 1.44 bits per heavy atom. The second-order valence-corrected chi connectivity index (χ2v) is 6.01. The van der Waals surface area contributed by atoms with Crippen LogP contribution in [0.4, 0.5) is 0 Å². The Hall–Kier alpha value is -1.05. The van der Waals surface area contributed by atoms with Crippen molar-refractivity contribution in [3.8, 4) is 0 Å². The van der Waals surface area contributed by atoms with E-state index in [1.807, 2.05) is 0 Å². The SMILES string of the molecule is CN(C)S(=O)(=O)N1CCc2cncnc2C1. The molecule has 1 aliphatic rings. The Morgan fingerprint density at radius 3 is 2.88 bits per heavy atom. The van der Waals surface area contributed by atoms with E-state index >= 15 is 0 Å². The second-order valence-electron chi connectivity index (χ2n) is 3.87. The molecule has 88 valence electrons. The minimum atomic E-state index is -3.34. The molecule has 0 aliphatic carbocycles. The van der Waals surface area contributed by atoms with Crippen LogP contribution in [0.15, 0.2) is 12.5 Å². The monoisotopic (exact) mass is 242 g/mol. The highest BCUT2D eigenvalue weighted by Crippen LogP contribution is 2.18. The van der Waals surface area contributed by atoms with Gasteiger partial charge in [-0.05, 0) is 12.0 Å². The summed E-state index contributed by atoms with van der Waals surface area (Å²) < 4.78 is 26.5. The summed E-state index contributed by atoms with van der Waals surface area (Å²) in [5.41, 5.74) is 1.83. The third kappa shape index (κ3) is 1.93. The molecule has 1 aromatic rings. The molecule has 0 saturated carbocycles. The molecule has 0 radical (unpaired) electrons. The number of hydrogen-bond acceptors (Lipinski definition) is 4. The van der Waals surface area contributed by atoms with E-state index in [-0.39, 0.29) is 0 Å². The molecular formula is C9H14N4O2S. The summed E-state index contributed by atoms with van der Waals surface area (Å²) in [5, 5.41) is 0. The quantitative estimate of drug-likeness (QED) is 0.710. The topological polar surface area (TPSA) is 66.4 Å². The zero-order valence-electron chi connectivity index (χ0n) is 9.29. The molecule has 16 heavy (non-hydrogen) atoms. The highest BCUT2D eigenvalue weighted by molar-refractivity contribution is 7.86. The average Bonchev–Trinajstić information content (AvgIpc) is 2.28. The summed E-state index contributed by atoms with van der Waals surface area (Å²) in [6.07, 6.45) is 3.87. The number of hydrogen-bond donors (Lipinski definition) is 0. The molecule has 2 rings (SSSR count). The van der Waals surface area contributed by atoms with Crippen molar-refractivity contribution in [1.82, 2.24) is 18.6 Å².